The van der Waals surface area contributed by atoms with Gasteiger partial charge in [0, 0.05) is 49.3 Å². The largest absolute Gasteiger partial charge is 0.497 e. The Kier molecular flexibility index (Phi) is 5.73. The summed E-state index contributed by atoms with van der Waals surface area (Å²) >= 11 is 0. The van der Waals surface area contributed by atoms with Crippen molar-refractivity contribution in [1.29, 1.82) is 0 Å². The molecule has 2 aromatic rings. The highest BCUT2D eigenvalue weighted by molar-refractivity contribution is 7.90. The zero-order chi connectivity index (χ0) is 20.3. The van der Waals surface area contributed by atoms with E-state index in [1.807, 2.05) is 24.3 Å². The standard InChI is InChI=1S/C19H23N3O5S/c1-27-17-7-3-6-15(11-17)21-10-4-5-14(13-21)20-18-9-8-16(22(23)24)12-19(18)28(2,25)26/h3,6-9,11-12,14,20H,4-5,10,13H2,1-2H3. The van der Waals surface area contributed by atoms with Gasteiger partial charge in [-0.15, -0.1) is 0 Å². The summed E-state index contributed by atoms with van der Waals surface area (Å²) in [6.07, 6.45) is 2.87. The molecule has 0 aromatic heterocycles. The fraction of sp³-hybridized carbons (Fsp3) is 0.368. The van der Waals surface area contributed by atoms with Crippen LogP contribution in [0.4, 0.5) is 17.1 Å². The van der Waals surface area contributed by atoms with Crippen molar-refractivity contribution in [3.05, 3.63) is 52.6 Å². The van der Waals surface area contributed by atoms with Crippen LogP contribution in [0.2, 0.25) is 0 Å². The number of nitro groups is 1. The van der Waals surface area contributed by atoms with E-state index in [2.05, 4.69) is 10.2 Å². The minimum absolute atomic E-state index is 0.0157. The van der Waals surface area contributed by atoms with Crippen LogP contribution < -0.4 is 15.0 Å². The minimum Gasteiger partial charge on any atom is -0.497 e. The van der Waals surface area contributed by atoms with Gasteiger partial charge in [-0.05, 0) is 31.0 Å². The minimum atomic E-state index is -3.61. The number of methoxy groups -OCH3 is 1. The van der Waals surface area contributed by atoms with E-state index in [1.54, 1.807) is 7.11 Å². The van der Waals surface area contributed by atoms with Gasteiger partial charge in [-0.25, -0.2) is 8.42 Å². The van der Waals surface area contributed by atoms with E-state index in [0.717, 1.165) is 43.1 Å². The molecule has 1 fully saturated rings. The molecule has 1 N–H and O–H groups in total. The fourth-order valence-corrected chi connectivity index (χ4v) is 4.27. The number of nitrogens with one attached hydrogen (secondary N) is 1. The maximum Gasteiger partial charge on any atom is 0.270 e. The van der Waals surface area contributed by atoms with E-state index in [-0.39, 0.29) is 16.6 Å². The third-order valence-electron chi connectivity index (χ3n) is 4.77. The summed E-state index contributed by atoms with van der Waals surface area (Å²) in [6.45, 7) is 1.58. The van der Waals surface area contributed by atoms with Gasteiger partial charge in [0.25, 0.3) is 5.69 Å². The van der Waals surface area contributed by atoms with Gasteiger partial charge >= 0.3 is 0 Å². The van der Waals surface area contributed by atoms with Crippen LogP contribution >= 0.6 is 0 Å². The Hall–Kier alpha value is -2.81. The first-order valence-corrected chi connectivity index (χ1v) is 10.8. The SMILES string of the molecule is COc1cccc(N2CCCC(Nc3ccc([N+](=O)[O-])cc3S(C)(=O)=O)C2)c1. The molecule has 1 unspecified atom stereocenters. The van der Waals surface area contributed by atoms with Crippen molar-refractivity contribution in [3.63, 3.8) is 0 Å². The van der Waals surface area contributed by atoms with E-state index < -0.39 is 14.8 Å². The quantitative estimate of drug-likeness (QED) is 0.582. The van der Waals surface area contributed by atoms with Gasteiger partial charge < -0.3 is 15.0 Å². The number of hydrogen-bond acceptors (Lipinski definition) is 7. The summed E-state index contributed by atoms with van der Waals surface area (Å²) in [6, 6.07) is 11.7. The Morgan fingerprint density at radius 1 is 1.25 bits per heavy atom. The molecule has 1 aliphatic heterocycles. The zero-order valence-electron chi connectivity index (χ0n) is 15.8. The topological polar surface area (TPSA) is 102 Å². The summed E-state index contributed by atoms with van der Waals surface area (Å²) in [5.74, 6) is 0.780. The predicted molar refractivity (Wildman–Crippen MR) is 108 cm³/mol. The molecule has 2 aromatic carbocycles. The second-order valence-electron chi connectivity index (χ2n) is 6.84. The van der Waals surface area contributed by atoms with Crippen LogP contribution in [-0.4, -0.2) is 45.8 Å². The van der Waals surface area contributed by atoms with Gasteiger partial charge in [0.1, 0.15) is 5.75 Å². The van der Waals surface area contributed by atoms with Crippen molar-refractivity contribution in [2.45, 2.75) is 23.8 Å². The van der Waals surface area contributed by atoms with Gasteiger partial charge in [-0.3, -0.25) is 10.1 Å². The van der Waals surface area contributed by atoms with Crippen molar-refractivity contribution in [3.8, 4) is 5.75 Å². The Morgan fingerprint density at radius 3 is 2.71 bits per heavy atom. The molecule has 0 saturated carbocycles. The number of non-ortho nitro benzene ring substituents is 1. The van der Waals surface area contributed by atoms with Crippen molar-refractivity contribution >= 4 is 26.9 Å². The molecule has 1 saturated heterocycles. The molecule has 3 rings (SSSR count). The number of benzene rings is 2. The molecular weight excluding hydrogens is 382 g/mol. The number of nitrogens with zero attached hydrogens (tertiary/aromatic N) is 2. The number of piperidine rings is 1. The molecule has 0 spiro atoms. The highest BCUT2D eigenvalue weighted by Gasteiger charge is 2.24. The first kappa shape index (κ1) is 19.9. The molecule has 0 bridgehead atoms. The van der Waals surface area contributed by atoms with Crippen LogP contribution in [0.3, 0.4) is 0 Å². The average molecular weight is 405 g/mol. The van der Waals surface area contributed by atoms with Crippen LogP contribution in [0.1, 0.15) is 12.8 Å². The molecule has 0 radical (unpaired) electrons. The number of ether oxygens (including phenoxy) is 1. The molecule has 0 aliphatic carbocycles. The first-order chi connectivity index (χ1) is 13.3. The third-order valence-corrected chi connectivity index (χ3v) is 5.91. The molecular formula is C19H23N3O5S. The number of nitro benzene ring substituents is 1. The van der Waals surface area contributed by atoms with Gasteiger partial charge in [-0.1, -0.05) is 6.07 Å². The number of hydrogen-bond donors (Lipinski definition) is 1. The van der Waals surface area contributed by atoms with Gasteiger partial charge in [-0.2, -0.15) is 0 Å². The predicted octanol–water partition coefficient (Wildman–Crippen LogP) is 3.09. The summed E-state index contributed by atoms with van der Waals surface area (Å²) in [7, 11) is -1.99. The van der Waals surface area contributed by atoms with Crippen molar-refractivity contribution in [1.82, 2.24) is 0 Å². The third kappa shape index (κ3) is 4.53. The van der Waals surface area contributed by atoms with Crippen LogP contribution in [0.15, 0.2) is 47.4 Å². The van der Waals surface area contributed by atoms with E-state index >= 15 is 0 Å². The summed E-state index contributed by atoms with van der Waals surface area (Å²) in [5, 5.41) is 14.3. The van der Waals surface area contributed by atoms with Gasteiger partial charge in [0.15, 0.2) is 9.84 Å². The summed E-state index contributed by atoms with van der Waals surface area (Å²) < 4.78 is 29.6. The lowest BCUT2D eigenvalue weighted by Crippen LogP contribution is -2.42. The highest BCUT2D eigenvalue weighted by atomic mass is 32.2. The van der Waals surface area contributed by atoms with Crippen molar-refractivity contribution in [2.24, 2.45) is 0 Å². The number of rotatable bonds is 6. The average Bonchev–Trinajstić information content (AvgIpc) is 2.67. The van der Waals surface area contributed by atoms with Crippen LogP contribution in [0.5, 0.6) is 5.75 Å². The zero-order valence-corrected chi connectivity index (χ0v) is 16.6. The second-order valence-corrected chi connectivity index (χ2v) is 8.82. The number of anilines is 2. The van der Waals surface area contributed by atoms with Gasteiger partial charge in [0.2, 0.25) is 0 Å². The maximum absolute atomic E-state index is 12.1. The highest BCUT2D eigenvalue weighted by Crippen LogP contribution is 2.29. The summed E-state index contributed by atoms with van der Waals surface area (Å²) in [5.41, 5.74) is 1.19. The van der Waals surface area contributed by atoms with Gasteiger partial charge in [0.05, 0.1) is 22.6 Å². The van der Waals surface area contributed by atoms with Crippen molar-refractivity contribution < 1.29 is 18.1 Å². The van der Waals surface area contributed by atoms with Crippen LogP contribution in [0.25, 0.3) is 0 Å². The molecule has 8 nitrogen and oxygen atoms in total. The molecule has 9 heteroatoms. The van der Waals surface area contributed by atoms with Crippen LogP contribution in [0, 0.1) is 10.1 Å². The van der Waals surface area contributed by atoms with E-state index in [4.69, 9.17) is 4.74 Å². The van der Waals surface area contributed by atoms with E-state index in [0.29, 0.717) is 12.2 Å². The van der Waals surface area contributed by atoms with E-state index in [1.165, 1.54) is 12.1 Å². The Balaban J connectivity index is 1.82. The molecule has 150 valence electrons. The Bertz CT molecular complexity index is 977. The van der Waals surface area contributed by atoms with Crippen LogP contribution in [-0.2, 0) is 9.84 Å². The Morgan fingerprint density at radius 2 is 2.04 bits per heavy atom. The fourth-order valence-electron chi connectivity index (χ4n) is 3.41. The smallest absolute Gasteiger partial charge is 0.270 e. The molecule has 0 amide bonds. The van der Waals surface area contributed by atoms with E-state index in [9.17, 15) is 18.5 Å². The monoisotopic (exact) mass is 405 g/mol. The lowest BCUT2D eigenvalue weighted by molar-refractivity contribution is -0.385. The van der Waals surface area contributed by atoms with Crippen molar-refractivity contribution in [2.75, 3.05) is 36.7 Å². The molecule has 1 heterocycles. The summed E-state index contributed by atoms with van der Waals surface area (Å²) in [4.78, 5) is 12.6. The lowest BCUT2D eigenvalue weighted by atomic mass is 10.0. The molecule has 1 aliphatic rings. The first-order valence-electron chi connectivity index (χ1n) is 8.92. The maximum atomic E-state index is 12.1. The molecule has 28 heavy (non-hydrogen) atoms. The Labute approximate surface area is 164 Å². The normalized spacial score (nSPS) is 17.2. The number of sulfone groups is 1. The lowest BCUT2D eigenvalue weighted by Gasteiger charge is -2.35. The molecule has 1 atom stereocenters. The second kappa shape index (κ2) is 8.05.